The molecule has 14 heavy (non-hydrogen) atoms. The molecule has 3 rings (SSSR count). The maximum absolute atomic E-state index is 4.64. The Morgan fingerprint density at radius 1 is 1.29 bits per heavy atom. The third kappa shape index (κ3) is 1.34. The van der Waals surface area contributed by atoms with Gasteiger partial charge in [-0.15, -0.1) is 0 Å². The molecule has 78 valence electrons. The van der Waals surface area contributed by atoms with Crippen LogP contribution in [0.1, 0.15) is 32.1 Å². The van der Waals surface area contributed by atoms with Crippen LogP contribution >= 0.6 is 0 Å². The molecule has 3 nitrogen and oxygen atoms in total. The molecule has 2 aliphatic carbocycles. The highest BCUT2D eigenvalue weighted by Gasteiger charge is 2.42. The first kappa shape index (κ1) is 8.72. The Morgan fingerprint density at radius 2 is 2.14 bits per heavy atom. The van der Waals surface area contributed by atoms with Gasteiger partial charge in [-0.3, -0.25) is 4.99 Å². The first-order valence-corrected chi connectivity index (χ1v) is 5.86. The molecule has 3 atom stereocenters. The molecule has 0 bridgehead atoms. The number of hydrogen-bond donors (Lipinski definition) is 1. The van der Waals surface area contributed by atoms with E-state index in [9.17, 15) is 0 Å². The Hall–Kier alpha value is -0.570. The average Bonchev–Trinajstić information content (AvgIpc) is 2.98. The molecule has 0 amide bonds. The topological polar surface area (TPSA) is 27.6 Å². The monoisotopic (exact) mass is 193 g/mol. The first-order valence-electron chi connectivity index (χ1n) is 5.86. The summed E-state index contributed by atoms with van der Waals surface area (Å²) >= 11 is 0. The van der Waals surface area contributed by atoms with Crippen molar-refractivity contribution in [3.63, 3.8) is 0 Å². The smallest absolute Gasteiger partial charge is 0.0859 e. The van der Waals surface area contributed by atoms with Crippen LogP contribution in [0.3, 0.4) is 0 Å². The van der Waals surface area contributed by atoms with Crippen molar-refractivity contribution < 1.29 is 0 Å². The van der Waals surface area contributed by atoms with E-state index in [0.29, 0.717) is 12.1 Å². The van der Waals surface area contributed by atoms with E-state index in [1.807, 2.05) is 0 Å². The van der Waals surface area contributed by atoms with Gasteiger partial charge in [-0.1, -0.05) is 0 Å². The van der Waals surface area contributed by atoms with Crippen LogP contribution in [0.2, 0.25) is 0 Å². The maximum Gasteiger partial charge on any atom is 0.0859 e. The van der Waals surface area contributed by atoms with E-state index in [-0.39, 0.29) is 0 Å². The van der Waals surface area contributed by atoms with E-state index in [4.69, 9.17) is 0 Å². The summed E-state index contributed by atoms with van der Waals surface area (Å²) in [6.45, 7) is 0. The van der Waals surface area contributed by atoms with Crippen molar-refractivity contribution in [3.8, 4) is 0 Å². The number of nitrogens with one attached hydrogen (secondary N) is 1. The first-order chi connectivity index (χ1) is 6.88. The highest BCUT2D eigenvalue weighted by Crippen LogP contribution is 2.36. The van der Waals surface area contributed by atoms with Crippen molar-refractivity contribution in [2.24, 2.45) is 4.99 Å². The van der Waals surface area contributed by atoms with Crippen molar-refractivity contribution in [1.29, 1.82) is 0 Å². The van der Waals surface area contributed by atoms with E-state index in [0.717, 1.165) is 12.1 Å². The summed E-state index contributed by atoms with van der Waals surface area (Å²) in [6, 6.07) is 2.89. The van der Waals surface area contributed by atoms with Gasteiger partial charge in [0.1, 0.15) is 0 Å². The van der Waals surface area contributed by atoms with E-state index in [1.165, 1.54) is 32.1 Å². The lowest BCUT2D eigenvalue weighted by Crippen LogP contribution is -2.46. The van der Waals surface area contributed by atoms with Crippen LogP contribution < -0.4 is 5.32 Å². The summed E-state index contributed by atoms with van der Waals surface area (Å²) in [6.07, 6.45) is 8.77. The molecule has 1 aliphatic heterocycles. The highest BCUT2D eigenvalue weighted by molar-refractivity contribution is 5.60. The fourth-order valence-corrected chi connectivity index (χ4v) is 2.87. The average molecular weight is 193 g/mol. The number of rotatable bonds is 2. The minimum Gasteiger partial charge on any atom is -0.355 e. The summed E-state index contributed by atoms with van der Waals surface area (Å²) in [5.74, 6) is 0. The minimum atomic E-state index is 0.611. The van der Waals surface area contributed by atoms with Crippen LogP contribution in [0, 0.1) is 0 Å². The summed E-state index contributed by atoms with van der Waals surface area (Å²) in [5, 5.41) is 3.41. The van der Waals surface area contributed by atoms with Gasteiger partial charge < -0.3 is 10.2 Å². The van der Waals surface area contributed by atoms with Gasteiger partial charge in [-0.25, -0.2) is 0 Å². The minimum absolute atomic E-state index is 0.611. The Labute approximate surface area is 85.6 Å². The van der Waals surface area contributed by atoms with Crippen molar-refractivity contribution in [2.75, 3.05) is 7.05 Å². The lowest BCUT2D eigenvalue weighted by Gasteiger charge is -2.35. The van der Waals surface area contributed by atoms with Crippen LogP contribution in [-0.2, 0) is 0 Å². The van der Waals surface area contributed by atoms with Crippen LogP contribution in [0.15, 0.2) is 4.99 Å². The van der Waals surface area contributed by atoms with Crippen LogP contribution in [0.4, 0.5) is 0 Å². The second kappa shape index (κ2) is 3.23. The Morgan fingerprint density at radius 3 is 2.86 bits per heavy atom. The van der Waals surface area contributed by atoms with Crippen LogP contribution in [-0.4, -0.2) is 42.5 Å². The predicted octanol–water partition coefficient (Wildman–Crippen LogP) is 1.00. The van der Waals surface area contributed by atoms with Crippen LogP contribution in [0.5, 0.6) is 0 Å². The van der Waals surface area contributed by atoms with Crippen molar-refractivity contribution in [2.45, 2.75) is 56.3 Å². The Kier molecular flexibility index (Phi) is 2.01. The molecule has 1 heterocycles. The highest BCUT2D eigenvalue weighted by atomic mass is 15.3. The molecule has 0 radical (unpaired) electrons. The van der Waals surface area contributed by atoms with Gasteiger partial charge >= 0.3 is 0 Å². The normalized spacial score (nSPS) is 41.5. The number of nitrogens with zero attached hydrogens (tertiary/aromatic N) is 2. The van der Waals surface area contributed by atoms with Crippen molar-refractivity contribution in [3.05, 3.63) is 0 Å². The lowest BCUT2D eigenvalue weighted by molar-refractivity contribution is 0.213. The van der Waals surface area contributed by atoms with Gasteiger partial charge in [-0.2, -0.15) is 0 Å². The quantitative estimate of drug-likeness (QED) is 0.708. The second-order valence-electron chi connectivity index (χ2n) is 4.88. The lowest BCUT2D eigenvalue weighted by atomic mass is 9.87. The third-order valence-electron chi connectivity index (χ3n) is 3.93. The van der Waals surface area contributed by atoms with E-state index >= 15 is 0 Å². The van der Waals surface area contributed by atoms with E-state index in [2.05, 4.69) is 28.6 Å². The fraction of sp³-hybridized carbons (Fsp3) is 0.909. The van der Waals surface area contributed by atoms with Gasteiger partial charge in [0.15, 0.2) is 0 Å². The van der Waals surface area contributed by atoms with Crippen molar-refractivity contribution >= 4 is 6.34 Å². The molecular weight excluding hydrogens is 174 g/mol. The van der Waals surface area contributed by atoms with Gasteiger partial charge in [0.25, 0.3) is 0 Å². The number of fused-ring (bicyclic) bond motifs is 1. The number of hydrogen-bond acceptors (Lipinski definition) is 3. The van der Waals surface area contributed by atoms with Gasteiger partial charge in [0, 0.05) is 12.1 Å². The molecule has 3 aliphatic rings. The molecule has 3 unspecified atom stereocenters. The molecule has 2 fully saturated rings. The van der Waals surface area contributed by atoms with Crippen LogP contribution in [0.25, 0.3) is 0 Å². The SMILES string of the molecule is CNC1CCC2N=CN(C3CC3)C2C1. The van der Waals surface area contributed by atoms with E-state index in [1.54, 1.807) is 0 Å². The molecule has 0 aromatic rings. The molecule has 1 N–H and O–H groups in total. The molecule has 0 aromatic heterocycles. The largest absolute Gasteiger partial charge is 0.355 e. The summed E-state index contributed by atoms with van der Waals surface area (Å²) < 4.78 is 0. The van der Waals surface area contributed by atoms with Crippen molar-refractivity contribution in [1.82, 2.24) is 10.2 Å². The zero-order valence-electron chi connectivity index (χ0n) is 8.82. The second-order valence-corrected chi connectivity index (χ2v) is 4.88. The molecule has 0 aromatic carbocycles. The third-order valence-corrected chi connectivity index (χ3v) is 3.93. The molecule has 2 saturated carbocycles. The molecular formula is C11H19N3. The zero-order valence-corrected chi connectivity index (χ0v) is 8.82. The number of aliphatic imine (C=N–C) groups is 1. The zero-order chi connectivity index (χ0) is 9.54. The predicted molar refractivity (Wildman–Crippen MR) is 57.6 cm³/mol. The molecule has 3 heteroatoms. The van der Waals surface area contributed by atoms with Gasteiger partial charge in [0.2, 0.25) is 0 Å². The molecule has 0 saturated heterocycles. The summed E-state index contributed by atoms with van der Waals surface area (Å²) in [7, 11) is 2.09. The summed E-state index contributed by atoms with van der Waals surface area (Å²) in [4.78, 5) is 7.18. The Bertz CT molecular complexity index is 247. The molecule has 0 spiro atoms. The fourth-order valence-electron chi connectivity index (χ4n) is 2.87. The Balaban J connectivity index is 1.70. The maximum atomic E-state index is 4.64. The standard InChI is InChI=1S/C11H19N3/c1-12-8-2-5-10-11(6-8)14(7-13-10)9-3-4-9/h7-12H,2-6H2,1H3. The van der Waals surface area contributed by atoms with Gasteiger partial charge in [-0.05, 0) is 39.2 Å². The van der Waals surface area contributed by atoms with E-state index < -0.39 is 0 Å². The summed E-state index contributed by atoms with van der Waals surface area (Å²) in [5.41, 5.74) is 0. The van der Waals surface area contributed by atoms with Gasteiger partial charge in [0.05, 0.1) is 18.4 Å².